The Balaban J connectivity index is 1.60. The summed E-state index contributed by atoms with van der Waals surface area (Å²) in [5, 5.41) is 10.8. The van der Waals surface area contributed by atoms with Crippen LogP contribution in [0.15, 0.2) is 72.8 Å². The predicted octanol–water partition coefficient (Wildman–Crippen LogP) is 5.90. The van der Waals surface area contributed by atoms with Crippen LogP contribution in [0.4, 0.5) is 22.7 Å². The second-order valence-corrected chi connectivity index (χ2v) is 6.33. The number of thiocarbonyl (C=S) groups is 1. The summed E-state index contributed by atoms with van der Waals surface area (Å²) in [6.45, 7) is 0. The van der Waals surface area contributed by atoms with Crippen molar-refractivity contribution < 1.29 is 4.74 Å². The van der Waals surface area contributed by atoms with Crippen molar-refractivity contribution in [3.63, 3.8) is 0 Å². The molecule has 132 valence electrons. The molecule has 3 rings (SSSR count). The van der Waals surface area contributed by atoms with Crippen molar-refractivity contribution in [1.29, 1.82) is 0 Å². The van der Waals surface area contributed by atoms with Crippen LogP contribution < -0.4 is 20.7 Å². The smallest absolute Gasteiger partial charge is 0.175 e. The highest BCUT2D eigenvalue weighted by Crippen LogP contribution is 2.27. The van der Waals surface area contributed by atoms with Gasteiger partial charge in [0.1, 0.15) is 5.75 Å². The fourth-order valence-electron chi connectivity index (χ4n) is 2.37. The number of benzene rings is 3. The van der Waals surface area contributed by atoms with Gasteiger partial charge in [0.2, 0.25) is 0 Å². The van der Waals surface area contributed by atoms with E-state index >= 15 is 0 Å². The van der Waals surface area contributed by atoms with Crippen molar-refractivity contribution in [2.75, 3.05) is 23.1 Å². The van der Waals surface area contributed by atoms with E-state index in [4.69, 9.17) is 28.6 Å². The molecule has 0 unspecified atom stereocenters. The summed E-state index contributed by atoms with van der Waals surface area (Å²) >= 11 is 11.2. The third kappa shape index (κ3) is 4.88. The Bertz CT molecular complexity index is 882. The van der Waals surface area contributed by atoms with Crippen LogP contribution in [0.3, 0.4) is 0 Å². The average molecular weight is 384 g/mol. The summed E-state index contributed by atoms with van der Waals surface area (Å²) in [5.41, 5.74) is 3.63. The highest BCUT2D eigenvalue weighted by Gasteiger charge is 2.03. The Morgan fingerprint density at radius 2 is 1.35 bits per heavy atom. The normalized spacial score (nSPS) is 10.1. The highest BCUT2D eigenvalue weighted by atomic mass is 35.5. The van der Waals surface area contributed by atoms with Gasteiger partial charge in [-0.15, -0.1) is 0 Å². The molecule has 0 amide bonds. The summed E-state index contributed by atoms with van der Waals surface area (Å²) in [5.74, 6) is 0.794. The molecular formula is C20H18ClN3OS. The maximum absolute atomic E-state index is 5.88. The first-order valence-corrected chi connectivity index (χ1v) is 8.76. The number of nitrogens with one attached hydrogen (secondary N) is 3. The fraction of sp³-hybridized carbons (Fsp3) is 0.0500. The largest absolute Gasteiger partial charge is 0.495 e. The lowest BCUT2D eigenvalue weighted by Crippen LogP contribution is -2.18. The van der Waals surface area contributed by atoms with Crippen LogP contribution in [0.25, 0.3) is 0 Å². The van der Waals surface area contributed by atoms with E-state index in [9.17, 15) is 0 Å². The molecule has 0 fully saturated rings. The van der Waals surface area contributed by atoms with Crippen LogP contribution in [0, 0.1) is 0 Å². The monoisotopic (exact) mass is 383 g/mol. The first kappa shape index (κ1) is 18.0. The predicted molar refractivity (Wildman–Crippen MR) is 114 cm³/mol. The third-order valence-electron chi connectivity index (χ3n) is 3.63. The van der Waals surface area contributed by atoms with Crippen LogP contribution in [0.1, 0.15) is 0 Å². The highest BCUT2D eigenvalue weighted by molar-refractivity contribution is 7.80. The van der Waals surface area contributed by atoms with Gasteiger partial charge in [-0.1, -0.05) is 23.7 Å². The molecule has 0 heterocycles. The maximum Gasteiger partial charge on any atom is 0.175 e. The van der Waals surface area contributed by atoms with Gasteiger partial charge in [-0.2, -0.15) is 0 Å². The minimum atomic E-state index is 0.512. The minimum absolute atomic E-state index is 0.512. The summed E-state index contributed by atoms with van der Waals surface area (Å²) in [6.07, 6.45) is 0. The zero-order chi connectivity index (χ0) is 18.4. The van der Waals surface area contributed by atoms with Crippen molar-refractivity contribution in [2.24, 2.45) is 0 Å². The molecular weight excluding hydrogens is 366 g/mol. The van der Waals surface area contributed by atoms with Crippen LogP contribution in [0.5, 0.6) is 5.75 Å². The SMILES string of the molecule is COc1ccccc1Nc1ccc(NC(=S)Nc2ccc(Cl)cc2)cc1. The van der Waals surface area contributed by atoms with Crippen LogP contribution in [-0.4, -0.2) is 12.2 Å². The molecule has 3 N–H and O–H groups in total. The van der Waals surface area contributed by atoms with Gasteiger partial charge >= 0.3 is 0 Å². The van der Waals surface area contributed by atoms with Crippen molar-refractivity contribution >= 4 is 51.7 Å². The van der Waals surface area contributed by atoms with E-state index in [-0.39, 0.29) is 0 Å². The van der Waals surface area contributed by atoms with Gasteiger partial charge in [-0.05, 0) is 72.9 Å². The molecule has 0 bridgehead atoms. The molecule has 0 saturated carbocycles. The summed E-state index contributed by atoms with van der Waals surface area (Å²) in [6, 6.07) is 23.0. The lowest BCUT2D eigenvalue weighted by atomic mass is 10.2. The molecule has 4 nitrogen and oxygen atoms in total. The fourth-order valence-corrected chi connectivity index (χ4v) is 2.73. The lowest BCUT2D eigenvalue weighted by Gasteiger charge is -2.13. The molecule has 3 aromatic rings. The van der Waals surface area contributed by atoms with Gasteiger partial charge in [-0.25, -0.2) is 0 Å². The average Bonchev–Trinajstić information content (AvgIpc) is 2.65. The Hall–Kier alpha value is -2.76. The number of methoxy groups -OCH3 is 1. The van der Waals surface area contributed by atoms with Crippen LogP contribution >= 0.6 is 23.8 Å². The van der Waals surface area contributed by atoms with E-state index in [1.807, 2.05) is 72.8 Å². The van der Waals surface area contributed by atoms with Crippen molar-refractivity contribution in [2.45, 2.75) is 0 Å². The molecule has 0 aliphatic carbocycles. The number of ether oxygens (including phenoxy) is 1. The molecule has 0 saturated heterocycles. The van der Waals surface area contributed by atoms with Crippen molar-refractivity contribution in [3.8, 4) is 5.75 Å². The Morgan fingerprint density at radius 1 is 0.808 bits per heavy atom. The second kappa shape index (κ2) is 8.56. The number of anilines is 4. The van der Waals surface area contributed by atoms with Crippen LogP contribution in [-0.2, 0) is 0 Å². The Kier molecular flexibility index (Phi) is 5.94. The van der Waals surface area contributed by atoms with E-state index in [0.717, 1.165) is 28.5 Å². The number of halogens is 1. The molecule has 0 aliphatic heterocycles. The first-order chi connectivity index (χ1) is 12.6. The standard InChI is InChI=1S/C20H18ClN3OS/c1-25-19-5-3-2-4-18(19)22-15-10-12-17(13-11-15)24-20(26)23-16-8-6-14(21)7-9-16/h2-13,22H,1H3,(H2,23,24,26). The van der Waals surface area contributed by atoms with Gasteiger partial charge in [-0.3, -0.25) is 0 Å². The van der Waals surface area contributed by atoms with Crippen LogP contribution in [0.2, 0.25) is 5.02 Å². The maximum atomic E-state index is 5.88. The molecule has 0 aliphatic rings. The van der Waals surface area contributed by atoms with Gasteiger partial charge < -0.3 is 20.7 Å². The molecule has 0 atom stereocenters. The molecule has 6 heteroatoms. The molecule has 3 aromatic carbocycles. The molecule has 0 aromatic heterocycles. The Morgan fingerprint density at radius 3 is 1.96 bits per heavy atom. The van der Waals surface area contributed by atoms with Gasteiger partial charge in [0, 0.05) is 22.1 Å². The van der Waals surface area contributed by atoms with Crippen molar-refractivity contribution in [3.05, 3.63) is 77.8 Å². The zero-order valence-corrected chi connectivity index (χ0v) is 15.7. The topological polar surface area (TPSA) is 45.3 Å². The second-order valence-electron chi connectivity index (χ2n) is 5.49. The van der Waals surface area contributed by atoms with Gasteiger partial charge in [0.15, 0.2) is 5.11 Å². The number of hydrogen-bond acceptors (Lipinski definition) is 3. The number of para-hydroxylation sites is 2. The quantitative estimate of drug-likeness (QED) is 0.478. The Labute approximate surface area is 163 Å². The first-order valence-electron chi connectivity index (χ1n) is 7.98. The summed E-state index contributed by atoms with van der Waals surface area (Å²) < 4.78 is 5.35. The van der Waals surface area contributed by atoms with E-state index in [1.165, 1.54) is 0 Å². The molecule has 26 heavy (non-hydrogen) atoms. The molecule has 0 radical (unpaired) electrons. The third-order valence-corrected chi connectivity index (χ3v) is 4.09. The van der Waals surface area contributed by atoms with Crippen molar-refractivity contribution in [1.82, 2.24) is 0 Å². The van der Waals surface area contributed by atoms with E-state index in [0.29, 0.717) is 10.1 Å². The van der Waals surface area contributed by atoms with Gasteiger partial charge in [0.25, 0.3) is 0 Å². The number of rotatable bonds is 5. The van der Waals surface area contributed by atoms with E-state index in [2.05, 4.69) is 16.0 Å². The molecule has 0 spiro atoms. The summed E-state index contributed by atoms with van der Waals surface area (Å²) in [4.78, 5) is 0. The summed E-state index contributed by atoms with van der Waals surface area (Å²) in [7, 11) is 1.65. The van der Waals surface area contributed by atoms with E-state index < -0.39 is 0 Å². The number of hydrogen-bond donors (Lipinski definition) is 3. The van der Waals surface area contributed by atoms with E-state index in [1.54, 1.807) is 7.11 Å². The minimum Gasteiger partial charge on any atom is -0.495 e. The zero-order valence-electron chi connectivity index (χ0n) is 14.1. The lowest BCUT2D eigenvalue weighted by molar-refractivity contribution is 0.417. The van der Waals surface area contributed by atoms with Gasteiger partial charge in [0.05, 0.1) is 12.8 Å².